The van der Waals surface area contributed by atoms with Crippen molar-refractivity contribution in [2.24, 2.45) is 0 Å². The van der Waals surface area contributed by atoms with Gasteiger partial charge in [0.05, 0.1) is 25.2 Å². The second kappa shape index (κ2) is 47.6. The summed E-state index contributed by atoms with van der Waals surface area (Å²) < 4.78 is 5.93. The molecule has 0 aliphatic heterocycles. The average molecular weight is 834 g/mol. The number of allylic oxidation sites excluding steroid dienone is 2. The number of carbonyl (C=O) groups excluding carboxylic acids is 2. The van der Waals surface area contributed by atoms with Crippen LogP contribution in [-0.4, -0.2) is 46.9 Å². The highest BCUT2D eigenvalue weighted by Gasteiger charge is 2.24. The first-order valence-electron chi connectivity index (χ1n) is 26.4. The number of amides is 1. The maximum absolute atomic E-state index is 13.2. The maximum Gasteiger partial charge on any atom is 0.306 e. The van der Waals surface area contributed by atoms with Crippen LogP contribution in [0.3, 0.4) is 0 Å². The lowest BCUT2D eigenvalue weighted by molar-refractivity contribution is -0.151. The Morgan fingerprint density at radius 3 is 1.22 bits per heavy atom. The molecule has 6 heteroatoms. The van der Waals surface area contributed by atoms with Crippen LogP contribution in [0.2, 0.25) is 0 Å². The molecule has 0 fully saturated rings. The van der Waals surface area contributed by atoms with Crippen molar-refractivity contribution >= 4 is 11.9 Å². The molecule has 0 heterocycles. The normalized spacial score (nSPS) is 13.2. The fraction of sp³-hybridized carbons (Fsp3) is 0.925. The molecule has 0 saturated heterocycles. The van der Waals surface area contributed by atoms with Crippen LogP contribution < -0.4 is 5.32 Å². The number of ether oxygens (including phenoxy) is 1. The highest BCUT2D eigenvalue weighted by Crippen LogP contribution is 2.18. The van der Waals surface area contributed by atoms with Crippen molar-refractivity contribution in [3.63, 3.8) is 0 Å². The van der Waals surface area contributed by atoms with Crippen molar-refractivity contribution in [1.29, 1.82) is 0 Å². The molecule has 3 unspecified atom stereocenters. The summed E-state index contributed by atoms with van der Waals surface area (Å²) in [5.41, 5.74) is 0. The number of hydrogen-bond acceptors (Lipinski definition) is 5. The number of rotatable bonds is 48. The van der Waals surface area contributed by atoms with Gasteiger partial charge in [0, 0.05) is 6.42 Å². The minimum absolute atomic E-state index is 0.0740. The molecule has 1 amide bonds. The van der Waals surface area contributed by atoms with E-state index in [-0.39, 0.29) is 24.9 Å². The van der Waals surface area contributed by atoms with Gasteiger partial charge in [0.15, 0.2) is 0 Å². The number of carbonyl (C=O) groups is 2. The molecule has 0 rings (SSSR count). The number of unbranched alkanes of at least 4 members (excludes halogenated alkanes) is 34. The monoisotopic (exact) mass is 834 g/mol. The number of aliphatic hydroxyl groups is 2. The summed E-state index contributed by atoms with van der Waals surface area (Å²) in [6.07, 6.45) is 52.7. The van der Waals surface area contributed by atoms with Crippen molar-refractivity contribution in [3.8, 4) is 0 Å². The molecule has 0 aromatic carbocycles. The number of hydrogen-bond donors (Lipinski definition) is 3. The van der Waals surface area contributed by atoms with Crippen molar-refractivity contribution in [2.45, 2.75) is 309 Å². The zero-order valence-electron chi connectivity index (χ0n) is 39.9. The summed E-state index contributed by atoms with van der Waals surface area (Å²) in [5.74, 6) is -0.473. The number of aliphatic hydroxyl groups excluding tert-OH is 2. The van der Waals surface area contributed by atoms with E-state index in [1.165, 1.54) is 186 Å². The minimum atomic E-state index is -0.785. The van der Waals surface area contributed by atoms with E-state index in [0.29, 0.717) is 19.3 Å². The summed E-state index contributed by atoms with van der Waals surface area (Å²) in [6, 6.07) is -0.699. The van der Waals surface area contributed by atoms with E-state index in [2.05, 4.69) is 38.2 Å². The summed E-state index contributed by atoms with van der Waals surface area (Å²) in [6.45, 7) is 6.50. The summed E-state index contributed by atoms with van der Waals surface area (Å²) in [4.78, 5) is 26.1. The first kappa shape index (κ1) is 57.6. The molecular formula is C53H103NO5. The molecule has 0 saturated carbocycles. The zero-order valence-corrected chi connectivity index (χ0v) is 39.9. The molecule has 0 aliphatic rings. The molecule has 0 aliphatic carbocycles. The molecule has 3 atom stereocenters. The summed E-state index contributed by atoms with van der Waals surface area (Å²) in [5, 5.41) is 23.8. The van der Waals surface area contributed by atoms with Gasteiger partial charge >= 0.3 is 5.97 Å². The molecule has 0 aromatic heterocycles. The largest absolute Gasteiger partial charge is 0.462 e. The van der Waals surface area contributed by atoms with Crippen LogP contribution in [0.4, 0.5) is 0 Å². The smallest absolute Gasteiger partial charge is 0.306 e. The molecular weight excluding hydrogens is 731 g/mol. The molecule has 3 N–H and O–H groups in total. The quantitative estimate of drug-likeness (QED) is 0.0322. The molecule has 59 heavy (non-hydrogen) atoms. The maximum atomic E-state index is 13.2. The fourth-order valence-electron chi connectivity index (χ4n) is 8.31. The van der Waals surface area contributed by atoms with Crippen molar-refractivity contribution in [3.05, 3.63) is 12.2 Å². The van der Waals surface area contributed by atoms with Gasteiger partial charge in [-0.25, -0.2) is 0 Å². The van der Waals surface area contributed by atoms with Crippen LogP contribution in [0, 0.1) is 0 Å². The number of nitrogens with one attached hydrogen (secondary N) is 1. The summed E-state index contributed by atoms with van der Waals surface area (Å²) in [7, 11) is 0. The second-order valence-electron chi connectivity index (χ2n) is 18.3. The van der Waals surface area contributed by atoms with Gasteiger partial charge in [0.1, 0.15) is 6.10 Å². The van der Waals surface area contributed by atoms with Gasteiger partial charge in [0.25, 0.3) is 0 Å². The van der Waals surface area contributed by atoms with Gasteiger partial charge < -0.3 is 20.3 Å². The van der Waals surface area contributed by atoms with E-state index in [4.69, 9.17) is 4.74 Å². The lowest BCUT2D eigenvalue weighted by Crippen LogP contribution is -2.46. The molecule has 0 radical (unpaired) electrons. The van der Waals surface area contributed by atoms with Gasteiger partial charge in [-0.05, 0) is 51.4 Å². The summed E-state index contributed by atoms with van der Waals surface area (Å²) >= 11 is 0. The van der Waals surface area contributed by atoms with Crippen LogP contribution >= 0.6 is 0 Å². The Bertz CT molecular complexity index is 893. The lowest BCUT2D eigenvalue weighted by atomic mass is 10.0. The van der Waals surface area contributed by atoms with Crippen LogP contribution in [0.25, 0.3) is 0 Å². The molecule has 0 bridgehead atoms. The highest BCUT2D eigenvalue weighted by atomic mass is 16.5. The van der Waals surface area contributed by atoms with E-state index < -0.39 is 18.2 Å². The Morgan fingerprint density at radius 1 is 0.475 bits per heavy atom. The Balaban J connectivity index is 4.55. The molecule has 6 nitrogen and oxygen atoms in total. The van der Waals surface area contributed by atoms with Gasteiger partial charge in [0.2, 0.25) is 5.91 Å². The van der Waals surface area contributed by atoms with Crippen molar-refractivity contribution < 1.29 is 24.5 Å². The Labute approximate surface area is 368 Å². The predicted octanol–water partition coefficient (Wildman–Crippen LogP) is 15.7. The average Bonchev–Trinajstić information content (AvgIpc) is 3.23. The number of esters is 1. The first-order valence-corrected chi connectivity index (χ1v) is 26.4. The molecule has 0 aromatic rings. The molecule has 350 valence electrons. The third-order valence-corrected chi connectivity index (χ3v) is 12.3. The topological polar surface area (TPSA) is 95.9 Å². The first-order chi connectivity index (χ1) is 29.0. The Hall–Kier alpha value is -1.40. The van der Waals surface area contributed by atoms with E-state index in [9.17, 15) is 19.8 Å². The van der Waals surface area contributed by atoms with Crippen LogP contribution in [0.15, 0.2) is 12.2 Å². The third-order valence-electron chi connectivity index (χ3n) is 12.3. The van der Waals surface area contributed by atoms with E-state index >= 15 is 0 Å². The highest BCUT2D eigenvalue weighted by molar-refractivity contribution is 5.77. The van der Waals surface area contributed by atoms with Gasteiger partial charge in [-0.2, -0.15) is 0 Å². The van der Waals surface area contributed by atoms with Gasteiger partial charge in [-0.3, -0.25) is 9.59 Å². The van der Waals surface area contributed by atoms with Crippen LogP contribution in [0.5, 0.6) is 0 Å². The second-order valence-corrected chi connectivity index (χ2v) is 18.3. The van der Waals surface area contributed by atoms with Crippen molar-refractivity contribution in [2.75, 3.05) is 6.61 Å². The van der Waals surface area contributed by atoms with Crippen LogP contribution in [0.1, 0.15) is 290 Å². The zero-order chi connectivity index (χ0) is 43.1. The predicted molar refractivity (Wildman–Crippen MR) is 255 cm³/mol. The van der Waals surface area contributed by atoms with E-state index in [1.54, 1.807) is 0 Å². The minimum Gasteiger partial charge on any atom is -0.462 e. The Morgan fingerprint density at radius 2 is 0.814 bits per heavy atom. The van der Waals surface area contributed by atoms with E-state index in [0.717, 1.165) is 57.8 Å². The lowest BCUT2D eigenvalue weighted by Gasteiger charge is -2.24. The van der Waals surface area contributed by atoms with Crippen molar-refractivity contribution in [1.82, 2.24) is 5.32 Å². The fourth-order valence-corrected chi connectivity index (χ4v) is 8.31. The molecule has 0 spiro atoms. The Kier molecular flexibility index (Phi) is 46.5. The third kappa shape index (κ3) is 43.1. The van der Waals surface area contributed by atoms with Gasteiger partial charge in [-0.15, -0.1) is 0 Å². The van der Waals surface area contributed by atoms with E-state index in [1.807, 2.05) is 0 Å². The van der Waals surface area contributed by atoms with Gasteiger partial charge in [-0.1, -0.05) is 238 Å². The SMILES string of the molecule is CCCCCCCCCCC/C=C/CCCCCC(CC(=O)NC(CO)C(O)CCCCCCCCCCCCCCC)OC(=O)CCCCCCCCCCCCC. The standard InChI is InChI=1S/C53H103NO5/c1-4-7-10-13-16-19-22-24-25-26-28-30-32-35-38-41-44-49(59-53(58)46-43-40-37-34-29-21-18-15-12-9-6-3)47-52(57)54-50(48-55)51(56)45-42-39-36-33-31-27-23-20-17-14-11-8-5-2/h28,30,49-51,55-56H,4-27,29,31-48H2,1-3H3,(H,54,57)/b30-28+. The van der Waals surface area contributed by atoms with Crippen LogP contribution in [-0.2, 0) is 14.3 Å².